The minimum absolute atomic E-state index is 0.0574. The van der Waals surface area contributed by atoms with Crippen molar-refractivity contribution in [2.24, 2.45) is 0 Å². The molecule has 2 aromatic carbocycles. The fraction of sp³-hybridized carbons (Fsp3) is 0.250. The number of nitro benzene ring substituents is 1. The molecule has 1 saturated heterocycles. The molecular weight excluding hydrogens is 428 g/mol. The van der Waals surface area contributed by atoms with Crippen LogP contribution in [0.2, 0.25) is 5.02 Å². The predicted octanol–water partition coefficient (Wildman–Crippen LogP) is 3.30. The van der Waals surface area contributed by atoms with E-state index in [9.17, 15) is 18.5 Å². The Morgan fingerprint density at radius 1 is 1.07 bits per heavy atom. The third-order valence-electron chi connectivity index (χ3n) is 5.19. The Morgan fingerprint density at radius 2 is 1.83 bits per heavy atom. The number of hydrogen-bond donors (Lipinski definition) is 0. The second-order valence-electron chi connectivity index (χ2n) is 7.04. The van der Waals surface area contributed by atoms with Crippen LogP contribution in [0.15, 0.2) is 59.6 Å². The number of pyridine rings is 1. The number of halogens is 1. The van der Waals surface area contributed by atoms with Crippen LogP contribution in [0.3, 0.4) is 0 Å². The lowest BCUT2D eigenvalue weighted by Crippen LogP contribution is -2.48. The molecule has 0 amide bonds. The molecule has 4 rings (SSSR count). The van der Waals surface area contributed by atoms with Crippen molar-refractivity contribution in [2.45, 2.75) is 11.4 Å². The lowest BCUT2D eigenvalue weighted by Gasteiger charge is -2.34. The number of non-ortho nitro benzene ring substituents is 1. The molecule has 1 aliphatic heterocycles. The summed E-state index contributed by atoms with van der Waals surface area (Å²) in [6, 6.07) is 12.7. The minimum atomic E-state index is -3.78. The van der Waals surface area contributed by atoms with Crippen molar-refractivity contribution >= 4 is 38.2 Å². The number of aromatic nitrogens is 1. The smallest absolute Gasteiger partial charge is 0.270 e. The molecule has 0 spiro atoms. The quantitative estimate of drug-likeness (QED) is 0.440. The maximum absolute atomic E-state index is 12.9. The molecule has 156 valence electrons. The van der Waals surface area contributed by atoms with Crippen LogP contribution in [-0.2, 0) is 16.6 Å². The molecule has 0 unspecified atom stereocenters. The lowest BCUT2D eigenvalue weighted by atomic mass is 10.1. The van der Waals surface area contributed by atoms with Crippen LogP contribution < -0.4 is 0 Å². The summed E-state index contributed by atoms with van der Waals surface area (Å²) in [4.78, 5) is 16.9. The average Bonchev–Trinajstić information content (AvgIpc) is 2.76. The van der Waals surface area contributed by atoms with E-state index in [2.05, 4.69) is 9.88 Å². The molecule has 10 heteroatoms. The highest BCUT2D eigenvalue weighted by molar-refractivity contribution is 7.89. The Hall–Kier alpha value is -2.59. The van der Waals surface area contributed by atoms with Crippen molar-refractivity contribution < 1.29 is 13.3 Å². The highest BCUT2D eigenvalue weighted by Gasteiger charge is 2.29. The Labute approximate surface area is 178 Å². The molecule has 30 heavy (non-hydrogen) atoms. The number of nitro groups is 1. The first-order valence-electron chi connectivity index (χ1n) is 9.35. The molecule has 1 aliphatic rings. The summed E-state index contributed by atoms with van der Waals surface area (Å²) >= 11 is 6.26. The van der Waals surface area contributed by atoms with E-state index in [4.69, 9.17) is 11.6 Å². The van der Waals surface area contributed by atoms with E-state index in [1.165, 1.54) is 22.5 Å². The molecule has 0 saturated carbocycles. The monoisotopic (exact) mass is 446 g/mol. The van der Waals surface area contributed by atoms with Crippen molar-refractivity contribution in [3.8, 4) is 0 Å². The molecular formula is C20H19ClN4O4S. The van der Waals surface area contributed by atoms with Crippen LogP contribution in [0, 0.1) is 10.1 Å². The normalized spacial score (nSPS) is 16.0. The first-order chi connectivity index (χ1) is 14.4. The van der Waals surface area contributed by atoms with Crippen LogP contribution in [0.1, 0.15) is 5.56 Å². The van der Waals surface area contributed by atoms with Gasteiger partial charge >= 0.3 is 0 Å². The van der Waals surface area contributed by atoms with E-state index in [0.29, 0.717) is 37.7 Å². The van der Waals surface area contributed by atoms with Crippen LogP contribution in [-0.4, -0.2) is 53.7 Å². The van der Waals surface area contributed by atoms with Crippen molar-refractivity contribution in [1.29, 1.82) is 0 Å². The van der Waals surface area contributed by atoms with E-state index in [1.807, 2.05) is 24.3 Å². The van der Waals surface area contributed by atoms with E-state index in [1.54, 1.807) is 6.20 Å². The number of sulfonamides is 1. The third-order valence-corrected chi connectivity index (χ3v) is 7.42. The van der Waals surface area contributed by atoms with Crippen LogP contribution in [0.5, 0.6) is 0 Å². The van der Waals surface area contributed by atoms with Gasteiger partial charge in [0.2, 0.25) is 10.0 Å². The number of hydrogen-bond acceptors (Lipinski definition) is 6. The number of nitrogens with zero attached hydrogens (tertiary/aromatic N) is 4. The van der Waals surface area contributed by atoms with E-state index in [0.717, 1.165) is 22.5 Å². The largest absolute Gasteiger partial charge is 0.296 e. The minimum Gasteiger partial charge on any atom is -0.296 e. The van der Waals surface area contributed by atoms with Crippen LogP contribution >= 0.6 is 11.6 Å². The fourth-order valence-corrected chi connectivity index (χ4v) is 5.28. The van der Waals surface area contributed by atoms with Gasteiger partial charge in [-0.1, -0.05) is 23.7 Å². The Kier molecular flexibility index (Phi) is 5.70. The number of piperazine rings is 1. The molecule has 1 aromatic heterocycles. The second kappa shape index (κ2) is 8.27. The SMILES string of the molecule is O=[N+]([O-])c1cccc(S(=O)(=O)N2CCN(Cc3ccc(Cl)c4cccnc34)CC2)c1. The molecule has 0 bridgehead atoms. The van der Waals surface area contributed by atoms with Gasteiger partial charge in [-0.3, -0.25) is 20.0 Å². The standard InChI is InChI=1S/C20H19ClN4O4S/c21-19-7-6-15(20-18(19)5-2-8-22-20)14-23-9-11-24(12-10-23)30(28,29)17-4-1-3-16(13-17)25(26)27/h1-8,13H,9-12,14H2. The van der Waals surface area contributed by atoms with Gasteiger partial charge in [-0.15, -0.1) is 0 Å². The van der Waals surface area contributed by atoms with Crippen molar-refractivity contribution in [2.75, 3.05) is 26.2 Å². The molecule has 2 heterocycles. The van der Waals surface area contributed by atoms with Gasteiger partial charge in [0.15, 0.2) is 0 Å². The van der Waals surface area contributed by atoms with Crippen molar-refractivity contribution in [1.82, 2.24) is 14.2 Å². The summed E-state index contributed by atoms with van der Waals surface area (Å²) in [5, 5.41) is 12.5. The van der Waals surface area contributed by atoms with Crippen molar-refractivity contribution in [3.63, 3.8) is 0 Å². The summed E-state index contributed by atoms with van der Waals surface area (Å²) < 4.78 is 27.2. The van der Waals surface area contributed by atoms with Crippen LogP contribution in [0.25, 0.3) is 10.9 Å². The van der Waals surface area contributed by atoms with Gasteiger partial charge in [0.25, 0.3) is 5.69 Å². The van der Waals surface area contributed by atoms with Crippen LogP contribution in [0.4, 0.5) is 5.69 Å². The molecule has 1 fully saturated rings. The maximum Gasteiger partial charge on any atom is 0.270 e. The molecule has 0 N–H and O–H groups in total. The summed E-state index contributed by atoms with van der Waals surface area (Å²) in [5.41, 5.74) is 1.64. The predicted molar refractivity (Wildman–Crippen MR) is 114 cm³/mol. The topological polar surface area (TPSA) is 96.6 Å². The van der Waals surface area contributed by atoms with Gasteiger partial charge < -0.3 is 0 Å². The Morgan fingerprint density at radius 3 is 2.57 bits per heavy atom. The Balaban J connectivity index is 1.47. The third kappa shape index (κ3) is 4.01. The molecule has 0 radical (unpaired) electrons. The van der Waals surface area contributed by atoms with Gasteiger partial charge in [0.1, 0.15) is 0 Å². The van der Waals surface area contributed by atoms with E-state index >= 15 is 0 Å². The van der Waals surface area contributed by atoms with Crippen molar-refractivity contribution in [3.05, 3.63) is 75.4 Å². The summed E-state index contributed by atoms with van der Waals surface area (Å²) in [6.45, 7) is 2.35. The number of rotatable bonds is 5. The lowest BCUT2D eigenvalue weighted by molar-refractivity contribution is -0.385. The molecule has 0 aliphatic carbocycles. The Bertz CT molecular complexity index is 1210. The summed E-state index contributed by atoms with van der Waals surface area (Å²) in [7, 11) is -3.78. The number of benzene rings is 2. The maximum atomic E-state index is 12.9. The molecule has 8 nitrogen and oxygen atoms in total. The average molecular weight is 447 g/mol. The summed E-state index contributed by atoms with van der Waals surface area (Å²) in [6.07, 6.45) is 1.73. The zero-order chi connectivity index (χ0) is 21.3. The van der Waals surface area contributed by atoms with E-state index in [-0.39, 0.29) is 10.6 Å². The van der Waals surface area contributed by atoms with Gasteiger partial charge in [-0.05, 0) is 29.8 Å². The molecule has 0 atom stereocenters. The highest BCUT2D eigenvalue weighted by Crippen LogP contribution is 2.27. The number of fused-ring (bicyclic) bond motifs is 1. The first-order valence-corrected chi connectivity index (χ1v) is 11.2. The van der Waals surface area contributed by atoms with E-state index < -0.39 is 14.9 Å². The van der Waals surface area contributed by atoms with Gasteiger partial charge in [-0.25, -0.2) is 8.42 Å². The van der Waals surface area contributed by atoms with Gasteiger partial charge in [0, 0.05) is 61.5 Å². The highest BCUT2D eigenvalue weighted by atomic mass is 35.5. The zero-order valence-corrected chi connectivity index (χ0v) is 17.5. The summed E-state index contributed by atoms with van der Waals surface area (Å²) in [5.74, 6) is 0. The van der Waals surface area contributed by atoms with Gasteiger partial charge in [-0.2, -0.15) is 4.31 Å². The zero-order valence-electron chi connectivity index (χ0n) is 15.9. The fourth-order valence-electron chi connectivity index (χ4n) is 3.60. The van der Waals surface area contributed by atoms with Gasteiger partial charge in [0.05, 0.1) is 15.3 Å². The molecule has 3 aromatic rings. The first kappa shape index (κ1) is 20.7. The second-order valence-corrected chi connectivity index (χ2v) is 9.39.